The standard InChI is InChI=1S/C13H13BrFN3O3S2/c14-11-3-4-12(22-11)23(19,20)18-5-1-2-10(8-18)21-13-16-6-9(15)7-17-13/h3-4,6-7,10H,1-2,5,8H2. The molecule has 1 aliphatic rings. The molecule has 2 aromatic heterocycles. The van der Waals surface area contributed by atoms with Crippen LogP contribution in [0.1, 0.15) is 12.8 Å². The monoisotopic (exact) mass is 421 g/mol. The minimum atomic E-state index is -3.53. The zero-order valence-electron chi connectivity index (χ0n) is 11.9. The van der Waals surface area contributed by atoms with Gasteiger partial charge in [-0.15, -0.1) is 11.3 Å². The number of ether oxygens (including phenoxy) is 1. The van der Waals surface area contributed by atoms with E-state index < -0.39 is 15.8 Å². The van der Waals surface area contributed by atoms with E-state index in [9.17, 15) is 12.8 Å². The minimum Gasteiger partial charge on any atom is -0.459 e. The molecule has 0 bridgehead atoms. The average molecular weight is 422 g/mol. The average Bonchev–Trinajstić information content (AvgIpc) is 2.97. The van der Waals surface area contributed by atoms with Crippen molar-refractivity contribution in [1.82, 2.24) is 14.3 Å². The quantitative estimate of drug-likeness (QED) is 0.758. The largest absolute Gasteiger partial charge is 0.459 e. The second-order valence-electron chi connectivity index (χ2n) is 4.99. The maximum Gasteiger partial charge on any atom is 0.316 e. The van der Waals surface area contributed by atoms with Crippen molar-refractivity contribution in [3.63, 3.8) is 0 Å². The molecule has 124 valence electrons. The van der Waals surface area contributed by atoms with Crippen LogP contribution in [0.4, 0.5) is 4.39 Å². The van der Waals surface area contributed by atoms with E-state index in [1.54, 1.807) is 12.1 Å². The van der Waals surface area contributed by atoms with Crippen LogP contribution in [0.25, 0.3) is 0 Å². The van der Waals surface area contributed by atoms with E-state index in [1.807, 2.05) is 0 Å². The van der Waals surface area contributed by atoms with Gasteiger partial charge in [-0.05, 0) is 40.9 Å². The summed E-state index contributed by atoms with van der Waals surface area (Å²) in [6.45, 7) is 0.667. The molecule has 0 saturated carbocycles. The Kier molecular flexibility index (Phi) is 4.95. The van der Waals surface area contributed by atoms with Crippen molar-refractivity contribution < 1.29 is 17.5 Å². The second-order valence-corrected chi connectivity index (χ2v) is 9.62. The van der Waals surface area contributed by atoms with E-state index in [4.69, 9.17) is 4.74 Å². The fourth-order valence-electron chi connectivity index (χ4n) is 2.29. The number of hydrogen-bond donors (Lipinski definition) is 0. The molecule has 1 unspecified atom stereocenters. The Morgan fingerprint density at radius 2 is 2.09 bits per heavy atom. The zero-order chi connectivity index (χ0) is 16.4. The molecule has 0 aromatic carbocycles. The molecule has 0 aliphatic carbocycles. The van der Waals surface area contributed by atoms with E-state index in [-0.39, 0.29) is 18.7 Å². The number of rotatable bonds is 4. The van der Waals surface area contributed by atoms with Crippen LogP contribution >= 0.6 is 27.3 Å². The highest BCUT2D eigenvalue weighted by molar-refractivity contribution is 9.11. The van der Waals surface area contributed by atoms with Gasteiger partial charge in [0, 0.05) is 6.54 Å². The molecule has 0 N–H and O–H groups in total. The number of nitrogens with zero attached hydrogens (tertiary/aromatic N) is 3. The van der Waals surface area contributed by atoms with Crippen LogP contribution in [0.2, 0.25) is 0 Å². The van der Waals surface area contributed by atoms with Crippen LogP contribution in [0.3, 0.4) is 0 Å². The predicted molar refractivity (Wildman–Crippen MR) is 86.4 cm³/mol. The van der Waals surface area contributed by atoms with E-state index in [0.717, 1.165) is 16.2 Å². The lowest BCUT2D eigenvalue weighted by atomic mass is 10.1. The van der Waals surface area contributed by atoms with Crippen molar-refractivity contribution in [1.29, 1.82) is 0 Å². The maximum atomic E-state index is 12.8. The van der Waals surface area contributed by atoms with Gasteiger partial charge in [0.15, 0.2) is 5.82 Å². The van der Waals surface area contributed by atoms with E-state index in [0.29, 0.717) is 23.6 Å². The van der Waals surface area contributed by atoms with Crippen LogP contribution in [0, 0.1) is 5.82 Å². The Morgan fingerprint density at radius 3 is 2.74 bits per heavy atom. The lowest BCUT2D eigenvalue weighted by molar-refractivity contribution is 0.119. The second kappa shape index (κ2) is 6.80. The summed E-state index contributed by atoms with van der Waals surface area (Å²) in [7, 11) is -3.53. The van der Waals surface area contributed by atoms with Gasteiger partial charge >= 0.3 is 6.01 Å². The number of aromatic nitrogens is 2. The first-order chi connectivity index (χ1) is 10.9. The smallest absolute Gasteiger partial charge is 0.316 e. The summed E-state index contributed by atoms with van der Waals surface area (Å²) in [5.41, 5.74) is 0. The fraction of sp³-hybridized carbons (Fsp3) is 0.385. The summed E-state index contributed by atoms with van der Waals surface area (Å²) < 4.78 is 46.1. The number of sulfonamides is 1. The topological polar surface area (TPSA) is 72.4 Å². The molecule has 2 aromatic rings. The van der Waals surface area contributed by atoms with Gasteiger partial charge in [0.2, 0.25) is 0 Å². The molecule has 23 heavy (non-hydrogen) atoms. The van der Waals surface area contributed by atoms with Gasteiger partial charge in [0.05, 0.1) is 22.7 Å². The lowest BCUT2D eigenvalue weighted by Crippen LogP contribution is -2.44. The highest BCUT2D eigenvalue weighted by Crippen LogP contribution is 2.30. The third-order valence-electron chi connectivity index (χ3n) is 3.35. The van der Waals surface area contributed by atoms with E-state index >= 15 is 0 Å². The molecule has 10 heteroatoms. The Morgan fingerprint density at radius 1 is 1.35 bits per heavy atom. The van der Waals surface area contributed by atoms with Gasteiger partial charge in [0.25, 0.3) is 10.0 Å². The SMILES string of the molecule is O=S(=O)(c1ccc(Br)s1)N1CCCC(Oc2ncc(F)cn2)C1. The van der Waals surface area contributed by atoms with Crippen molar-refractivity contribution in [3.05, 3.63) is 34.1 Å². The van der Waals surface area contributed by atoms with Gasteiger partial charge in [-0.3, -0.25) is 0 Å². The molecular weight excluding hydrogens is 409 g/mol. The molecule has 1 fully saturated rings. The van der Waals surface area contributed by atoms with Crippen LogP contribution < -0.4 is 4.74 Å². The molecule has 0 amide bonds. The molecule has 3 heterocycles. The molecule has 3 rings (SSSR count). The zero-order valence-corrected chi connectivity index (χ0v) is 15.1. The molecule has 0 radical (unpaired) electrons. The molecule has 1 saturated heterocycles. The van der Waals surface area contributed by atoms with Crippen molar-refractivity contribution in [2.45, 2.75) is 23.2 Å². The maximum absolute atomic E-state index is 12.8. The van der Waals surface area contributed by atoms with Crippen molar-refractivity contribution in [2.75, 3.05) is 13.1 Å². The summed E-state index contributed by atoms with van der Waals surface area (Å²) in [5.74, 6) is -0.548. The van der Waals surface area contributed by atoms with Gasteiger partial charge in [-0.1, -0.05) is 0 Å². The Balaban J connectivity index is 1.71. The van der Waals surface area contributed by atoms with Crippen LogP contribution in [-0.4, -0.2) is 41.9 Å². The summed E-state index contributed by atoms with van der Waals surface area (Å²) in [5, 5.41) is 0. The first-order valence-electron chi connectivity index (χ1n) is 6.85. The highest BCUT2D eigenvalue weighted by atomic mass is 79.9. The summed E-state index contributed by atoms with van der Waals surface area (Å²) in [6.07, 6.45) is 3.05. The summed E-state index contributed by atoms with van der Waals surface area (Å²) in [6, 6.07) is 3.34. The third kappa shape index (κ3) is 3.87. The number of halogens is 2. The van der Waals surface area contributed by atoms with Crippen LogP contribution in [0.5, 0.6) is 6.01 Å². The van der Waals surface area contributed by atoms with Gasteiger partial charge in [-0.25, -0.2) is 22.8 Å². The van der Waals surface area contributed by atoms with Gasteiger partial charge < -0.3 is 4.74 Å². The number of hydrogen-bond acceptors (Lipinski definition) is 6. The lowest BCUT2D eigenvalue weighted by Gasteiger charge is -2.31. The molecule has 6 nitrogen and oxygen atoms in total. The van der Waals surface area contributed by atoms with Crippen molar-refractivity contribution in [2.24, 2.45) is 0 Å². The van der Waals surface area contributed by atoms with Crippen molar-refractivity contribution in [3.8, 4) is 6.01 Å². The fourth-order valence-corrected chi connectivity index (χ4v) is 5.97. The van der Waals surface area contributed by atoms with Crippen LogP contribution in [0.15, 0.2) is 32.5 Å². The summed E-state index contributed by atoms with van der Waals surface area (Å²) in [4.78, 5) is 7.48. The van der Waals surface area contributed by atoms with Crippen molar-refractivity contribution >= 4 is 37.3 Å². The summed E-state index contributed by atoms with van der Waals surface area (Å²) >= 11 is 4.45. The normalized spacial score (nSPS) is 19.7. The Hall–Kier alpha value is -1.10. The van der Waals surface area contributed by atoms with Gasteiger partial charge in [-0.2, -0.15) is 4.31 Å². The molecular formula is C13H13BrFN3O3S2. The first-order valence-corrected chi connectivity index (χ1v) is 9.90. The third-order valence-corrected chi connectivity index (χ3v) is 7.31. The number of thiophene rings is 1. The molecule has 1 atom stereocenters. The first kappa shape index (κ1) is 16.7. The van der Waals surface area contributed by atoms with Gasteiger partial charge in [0.1, 0.15) is 10.3 Å². The van der Waals surface area contributed by atoms with E-state index in [2.05, 4.69) is 25.9 Å². The molecule has 1 aliphatic heterocycles. The highest BCUT2D eigenvalue weighted by Gasteiger charge is 2.32. The predicted octanol–water partition coefficient (Wildman–Crippen LogP) is 2.67. The number of piperidine rings is 1. The van der Waals surface area contributed by atoms with E-state index in [1.165, 1.54) is 15.6 Å². The molecule has 0 spiro atoms. The minimum absolute atomic E-state index is 0.0505. The van der Waals surface area contributed by atoms with Crippen LogP contribution in [-0.2, 0) is 10.0 Å². The Bertz CT molecular complexity index is 782. The Labute approximate surface area is 145 Å².